The molecule has 0 spiro atoms. The minimum atomic E-state index is -0.210. The number of halogens is 1. The molecule has 4 heteroatoms. The van der Waals surface area contributed by atoms with Crippen molar-refractivity contribution >= 4 is 17.4 Å². The maximum Gasteiger partial charge on any atom is 1.00 e. The second-order valence-corrected chi connectivity index (χ2v) is 5.43. The first-order valence-electron chi connectivity index (χ1n) is 5.37. The van der Waals surface area contributed by atoms with E-state index in [-0.39, 0.29) is 48.3 Å². The first-order chi connectivity index (χ1) is 7.29. The van der Waals surface area contributed by atoms with Crippen LogP contribution in [0.3, 0.4) is 0 Å². The molecular formula is C13H19ClNNaO. The van der Waals surface area contributed by atoms with Gasteiger partial charge in [-0.3, -0.25) is 4.79 Å². The van der Waals surface area contributed by atoms with Crippen molar-refractivity contribution in [2.45, 2.75) is 39.3 Å². The largest absolute Gasteiger partial charge is 1.00 e. The SMILES string of the molecule is CC(NC(C)(C)C)C(=O)c1cccc(Cl)c1.[H-].[Na+]. The average molecular weight is 264 g/mol. The van der Waals surface area contributed by atoms with Gasteiger partial charge in [0.05, 0.1) is 6.04 Å². The zero-order valence-corrected chi connectivity index (χ0v) is 13.9. The number of benzene rings is 1. The van der Waals surface area contributed by atoms with Crippen LogP contribution >= 0.6 is 11.6 Å². The van der Waals surface area contributed by atoms with Crippen molar-refractivity contribution in [1.82, 2.24) is 5.32 Å². The fourth-order valence-electron chi connectivity index (χ4n) is 1.61. The summed E-state index contributed by atoms with van der Waals surface area (Å²) in [6, 6.07) is 6.83. The van der Waals surface area contributed by atoms with Crippen molar-refractivity contribution in [3.8, 4) is 0 Å². The second-order valence-electron chi connectivity index (χ2n) is 4.99. The van der Waals surface area contributed by atoms with Crippen LogP contribution in [-0.2, 0) is 0 Å². The van der Waals surface area contributed by atoms with Crippen LogP contribution in [0.15, 0.2) is 24.3 Å². The smallest absolute Gasteiger partial charge is 1.00 e. The molecule has 0 heterocycles. The summed E-state index contributed by atoms with van der Waals surface area (Å²) in [5.41, 5.74) is 0.574. The van der Waals surface area contributed by atoms with Crippen molar-refractivity contribution in [2.24, 2.45) is 0 Å². The number of rotatable bonds is 3. The van der Waals surface area contributed by atoms with Crippen LogP contribution in [0.5, 0.6) is 0 Å². The molecule has 0 aliphatic heterocycles. The molecule has 0 bridgehead atoms. The number of Topliss-reactive ketones (excluding diaryl/α,β-unsaturated/α-hetero) is 1. The van der Waals surface area contributed by atoms with Gasteiger partial charge in [0.2, 0.25) is 0 Å². The van der Waals surface area contributed by atoms with E-state index in [1.54, 1.807) is 24.3 Å². The van der Waals surface area contributed by atoms with Gasteiger partial charge in [-0.05, 0) is 39.8 Å². The molecule has 0 amide bonds. The number of carbonyl (C=O) groups excluding carboxylic acids is 1. The topological polar surface area (TPSA) is 29.1 Å². The average Bonchev–Trinajstić information content (AvgIpc) is 2.14. The van der Waals surface area contributed by atoms with Gasteiger partial charge in [-0.1, -0.05) is 23.7 Å². The summed E-state index contributed by atoms with van der Waals surface area (Å²) >= 11 is 5.85. The third-order valence-corrected chi connectivity index (χ3v) is 2.39. The van der Waals surface area contributed by atoms with Gasteiger partial charge in [0.25, 0.3) is 0 Å². The Morgan fingerprint density at radius 3 is 2.47 bits per heavy atom. The van der Waals surface area contributed by atoms with E-state index in [1.807, 2.05) is 27.7 Å². The third kappa shape index (κ3) is 6.03. The quantitative estimate of drug-likeness (QED) is 0.633. The monoisotopic (exact) mass is 263 g/mol. The van der Waals surface area contributed by atoms with Crippen molar-refractivity contribution in [2.75, 3.05) is 0 Å². The Bertz CT molecular complexity index is 393. The standard InChI is InChI=1S/C13H18ClNO.Na.H/c1-9(15-13(2,3)4)12(16)10-6-5-7-11(14)8-10;;/h5-9,15H,1-4H3;;/q;+1;-1. The van der Waals surface area contributed by atoms with Crippen molar-refractivity contribution in [3.63, 3.8) is 0 Å². The molecule has 0 aliphatic carbocycles. The van der Waals surface area contributed by atoms with Crippen molar-refractivity contribution < 1.29 is 35.8 Å². The molecule has 17 heavy (non-hydrogen) atoms. The van der Waals surface area contributed by atoms with Crippen LogP contribution in [0, 0.1) is 0 Å². The number of ketones is 1. The molecule has 0 aliphatic rings. The van der Waals surface area contributed by atoms with Gasteiger partial charge in [-0.25, -0.2) is 0 Å². The fraction of sp³-hybridized carbons (Fsp3) is 0.462. The van der Waals surface area contributed by atoms with Crippen LogP contribution in [0.2, 0.25) is 5.02 Å². The number of nitrogens with one attached hydrogen (secondary N) is 1. The van der Waals surface area contributed by atoms with Crippen molar-refractivity contribution in [1.29, 1.82) is 0 Å². The summed E-state index contributed by atoms with van der Waals surface area (Å²) in [4.78, 5) is 12.1. The Balaban J connectivity index is 0. The van der Waals surface area contributed by atoms with Gasteiger partial charge >= 0.3 is 29.6 Å². The van der Waals surface area contributed by atoms with Crippen LogP contribution in [0.4, 0.5) is 0 Å². The molecular weight excluding hydrogens is 245 g/mol. The van der Waals surface area contributed by atoms with Gasteiger partial charge in [-0.15, -0.1) is 0 Å². The molecule has 0 radical (unpaired) electrons. The number of hydrogen-bond donors (Lipinski definition) is 1. The molecule has 0 saturated heterocycles. The molecule has 0 fully saturated rings. The first-order valence-corrected chi connectivity index (χ1v) is 5.75. The van der Waals surface area contributed by atoms with Crippen LogP contribution in [0.1, 0.15) is 39.5 Å². The van der Waals surface area contributed by atoms with Gasteiger partial charge in [0, 0.05) is 16.1 Å². The molecule has 0 aromatic heterocycles. The molecule has 0 saturated carbocycles. The van der Waals surface area contributed by atoms with E-state index in [2.05, 4.69) is 5.32 Å². The summed E-state index contributed by atoms with van der Waals surface area (Å²) in [6.45, 7) is 7.98. The van der Waals surface area contributed by atoms with Crippen LogP contribution < -0.4 is 34.9 Å². The summed E-state index contributed by atoms with van der Waals surface area (Å²) in [7, 11) is 0. The van der Waals surface area contributed by atoms with E-state index in [0.717, 1.165) is 0 Å². The molecule has 1 unspecified atom stereocenters. The minimum Gasteiger partial charge on any atom is -1.00 e. The molecule has 1 N–H and O–H groups in total. The number of hydrogen-bond acceptors (Lipinski definition) is 2. The number of carbonyl (C=O) groups is 1. The Morgan fingerprint density at radius 2 is 2.00 bits per heavy atom. The molecule has 1 aromatic carbocycles. The molecule has 90 valence electrons. The predicted molar refractivity (Wildman–Crippen MR) is 69.2 cm³/mol. The van der Waals surface area contributed by atoms with Crippen LogP contribution in [0.25, 0.3) is 0 Å². The normalized spacial score (nSPS) is 12.8. The third-order valence-electron chi connectivity index (χ3n) is 2.15. The van der Waals surface area contributed by atoms with E-state index < -0.39 is 0 Å². The summed E-state index contributed by atoms with van der Waals surface area (Å²) in [5, 5.41) is 3.84. The fourth-order valence-corrected chi connectivity index (χ4v) is 1.80. The van der Waals surface area contributed by atoms with Gasteiger partial charge < -0.3 is 6.74 Å². The Morgan fingerprint density at radius 1 is 1.41 bits per heavy atom. The zero-order chi connectivity index (χ0) is 12.3. The van der Waals surface area contributed by atoms with E-state index in [9.17, 15) is 4.79 Å². The summed E-state index contributed by atoms with van der Waals surface area (Å²) in [5.74, 6) is 0.0671. The van der Waals surface area contributed by atoms with E-state index in [0.29, 0.717) is 10.6 Å². The molecule has 2 nitrogen and oxygen atoms in total. The summed E-state index contributed by atoms with van der Waals surface area (Å²) < 4.78 is 0. The van der Waals surface area contributed by atoms with Gasteiger partial charge in [0.1, 0.15) is 0 Å². The maximum atomic E-state index is 12.1. The van der Waals surface area contributed by atoms with Gasteiger partial charge in [-0.2, -0.15) is 0 Å². The second kappa shape index (κ2) is 6.91. The zero-order valence-electron chi connectivity index (χ0n) is 12.2. The maximum absolute atomic E-state index is 12.1. The van der Waals surface area contributed by atoms with E-state index >= 15 is 0 Å². The molecule has 1 atom stereocenters. The van der Waals surface area contributed by atoms with Crippen molar-refractivity contribution in [3.05, 3.63) is 34.9 Å². The molecule has 1 rings (SSSR count). The van der Waals surface area contributed by atoms with E-state index in [1.165, 1.54) is 0 Å². The van der Waals surface area contributed by atoms with E-state index in [4.69, 9.17) is 11.6 Å². The van der Waals surface area contributed by atoms with Crippen LogP contribution in [-0.4, -0.2) is 17.4 Å². The van der Waals surface area contributed by atoms with Gasteiger partial charge in [0.15, 0.2) is 5.78 Å². The Hall–Kier alpha value is 0.140. The Kier molecular flexibility index (Phi) is 6.97. The predicted octanol–water partition coefficient (Wildman–Crippen LogP) is 0.416. The molecule has 1 aromatic rings. The summed E-state index contributed by atoms with van der Waals surface area (Å²) in [6.07, 6.45) is 0. The first kappa shape index (κ1) is 17.1. The minimum absolute atomic E-state index is 0. The Labute approximate surface area is 132 Å².